The van der Waals surface area contributed by atoms with Gasteiger partial charge in [0.15, 0.2) is 0 Å². The quantitative estimate of drug-likeness (QED) is 0.862. The summed E-state index contributed by atoms with van der Waals surface area (Å²) < 4.78 is 26.8. The van der Waals surface area contributed by atoms with E-state index in [1.54, 1.807) is 6.20 Å². The zero-order valence-electron chi connectivity index (χ0n) is 11.4. The van der Waals surface area contributed by atoms with E-state index in [4.69, 9.17) is 0 Å². The third-order valence-electron chi connectivity index (χ3n) is 2.89. The molecule has 1 aromatic carbocycles. The number of thiazole rings is 1. The lowest BCUT2D eigenvalue weighted by Crippen LogP contribution is -2.31. The molecule has 4 nitrogen and oxygen atoms in total. The first kappa shape index (κ1) is 15.5. The number of aromatic nitrogens is 1. The maximum atomic E-state index is 13.4. The minimum Gasteiger partial charge on any atom is -0.320 e. The van der Waals surface area contributed by atoms with E-state index in [1.165, 1.54) is 17.4 Å². The molecule has 1 unspecified atom stereocenters. The van der Waals surface area contributed by atoms with Crippen LogP contribution in [-0.4, -0.2) is 17.4 Å². The number of nitrogens with one attached hydrogen (secondary N) is 2. The molecule has 1 amide bonds. The van der Waals surface area contributed by atoms with Gasteiger partial charge in [0, 0.05) is 11.6 Å². The van der Waals surface area contributed by atoms with Crippen molar-refractivity contribution < 1.29 is 13.6 Å². The molecule has 2 aromatic rings. The number of para-hydroxylation sites is 1. The van der Waals surface area contributed by atoms with Gasteiger partial charge in [0.1, 0.15) is 22.3 Å². The summed E-state index contributed by atoms with van der Waals surface area (Å²) in [5, 5.41) is 7.99. The lowest BCUT2D eigenvalue weighted by Gasteiger charge is -2.14. The summed E-state index contributed by atoms with van der Waals surface area (Å²) in [6.45, 7) is 1.92. The van der Waals surface area contributed by atoms with E-state index < -0.39 is 23.2 Å². The standard InChI is InChI=1S/C14H15F2N3OS/c1-2-11(14-17-6-7-21-14)18-8-12(20)19-13-9(15)4-3-5-10(13)16/h3-7,11,18H,2,8H2,1H3,(H,19,20). The van der Waals surface area contributed by atoms with Gasteiger partial charge in [0.05, 0.1) is 12.6 Å². The van der Waals surface area contributed by atoms with E-state index in [-0.39, 0.29) is 12.6 Å². The molecule has 0 saturated heterocycles. The molecule has 21 heavy (non-hydrogen) atoms. The number of halogens is 2. The first-order chi connectivity index (χ1) is 10.1. The maximum absolute atomic E-state index is 13.4. The first-order valence-electron chi connectivity index (χ1n) is 6.48. The molecule has 1 heterocycles. The van der Waals surface area contributed by atoms with Gasteiger partial charge in [0.2, 0.25) is 5.91 Å². The van der Waals surface area contributed by atoms with Gasteiger partial charge >= 0.3 is 0 Å². The van der Waals surface area contributed by atoms with Crippen LogP contribution < -0.4 is 10.6 Å². The second-order valence-electron chi connectivity index (χ2n) is 4.36. The van der Waals surface area contributed by atoms with Crippen molar-refractivity contribution in [1.29, 1.82) is 0 Å². The fourth-order valence-electron chi connectivity index (χ4n) is 1.83. The molecule has 0 bridgehead atoms. The number of amides is 1. The van der Waals surface area contributed by atoms with E-state index in [1.807, 2.05) is 12.3 Å². The van der Waals surface area contributed by atoms with Crippen molar-refractivity contribution in [2.24, 2.45) is 0 Å². The number of hydrogen-bond acceptors (Lipinski definition) is 4. The van der Waals surface area contributed by atoms with Crippen LogP contribution in [0.25, 0.3) is 0 Å². The van der Waals surface area contributed by atoms with Crippen molar-refractivity contribution in [3.63, 3.8) is 0 Å². The highest BCUT2D eigenvalue weighted by Crippen LogP contribution is 2.19. The topological polar surface area (TPSA) is 54.0 Å². The molecule has 2 rings (SSSR count). The van der Waals surface area contributed by atoms with Crippen molar-refractivity contribution in [1.82, 2.24) is 10.3 Å². The lowest BCUT2D eigenvalue weighted by molar-refractivity contribution is -0.115. The second-order valence-corrected chi connectivity index (χ2v) is 5.28. The monoisotopic (exact) mass is 311 g/mol. The van der Waals surface area contributed by atoms with Crippen LogP contribution in [0.15, 0.2) is 29.8 Å². The minimum absolute atomic E-state index is 0.0497. The van der Waals surface area contributed by atoms with Crippen LogP contribution in [0.3, 0.4) is 0 Å². The van der Waals surface area contributed by atoms with Gasteiger partial charge in [-0.05, 0) is 18.6 Å². The van der Waals surface area contributed by atoms with Crippen LogP contribution in [0, 0.1) is 11.6 Å². The smallest absolute Gasteiger partial charge is 0.238 e. The van der Waals surface area contributed by atoms with Crippen LogP contribution in [0.1, 0.15) is 24.4 Å². The maximum Gasteiger partial charge on any atom is 0.238 e. The lowest BCUT2D eigenvalue weighted by atomic mass is 10.2. The fourth-order valence-corrected chi connectivity index (χ4v) is 2.63. The number of carbonyl (C=O) groups is 1. The first-order valence-corrected chi connectivity index (χ1v) is 7.36. The van der Waals surface area contributed by atoms with Crippen molar-refractivity contribution >= 4 is 22.9 Å². The van der Waals surface area contributed by atoms with Gasteiger partial charge < -0.3 is 5.32 Å². The van der Waals surface area contributed by atoms with E-state index in [0.29, 0.717) is 0 Å². The van der Waals surface area contributed by atoms with Crippen LogP contribution in [0.5, 0.6) is 0 Å². The van der Waals surface area contributed by atoms with Gasteiger partial charge in [-0.25, -0.2) is 13.8 Å². The van der Waals surface area contributed by atoms with E-state index in [0.717, 1.165) is 23.6 Å². The SMILES string of the molecule is CCC(NCC(=O)Nc1c(F)cccc1F)c1nccs1. The highest BCUT2D eigenvalue weighted by Gasteiger charge is 2.15. The second kappa shape index (κ2) is 7.24. The Kier molecular flexibility index (Phi) is 5.35. The Hall–Kier alpha value is -1.86. The normalized spacial score (nSPS) is 12.1. The summed E-state index contributed by atoms with van der Waals surface area (Å²) in [5.74, 6) is -2.10. The van der Waals surface area contributed by atoms with Gasteiger partial charge in [0.25, 0.3) is 0 Å². The highest BCUT2D eigenvalue weighted by atomic mass is 32.1. The Balaban J connectivity index is 1.93. The third kappa shape index (κ3) is 4.05. The van der Waals surface area contributed by atoms with Crippen LogP contribution in [0.4, 0.5) is 14.5 Å². The van der Waals surface area contributed by atoms with Gasteiger partial charge in [-0.1, -0.05) is 13.0 Å². The third-order valence-corrected chi connectivity index (χ3v) is 3.78. The average Bonchev–Trinajstić information content (AvgIpc) is 2.98. The molecule has 0 spiro atoms. The van der Waals surface area contributed by atoms with Crippen molar-refractivity contribution in [3.05, 3.63) is 46.4 Å². The molecule has 0 aliphatic carbocycles. The Labute approximate surface area is 125 Å². The molecule has 0 saturated carbocycles. The van der Waals surface area contributed by atoms with E-state index in [9.17, 15) is 13.6 Å². The summed E-state index contributed by atoms with van der Waals surface area (Å²) in [6, 6.07) is 3.38. The molecule has 7 heteroatoms. The van der Waals surface area contributed by atoms with Gasteiger partial charge in [-0.2, -0.15) is 0 Å². The number of benzene rings is 1. The summed E-state index contributed by atoms with van der Waals surface area (Å²) in [7, 11) is 0. The van der Waals surface area contributed by atoms with Crippen molar-refractivity contribution in [2.75, 3.05) is 11.9 Å². The van der Waals surface area contributed by atoms with Crippen molar-refractivity contribution in [2.45, 2.75) is 19.4 Å². The van der Waals surface area contributed by atoms with E-state index in [2.05, 4.69) is 15.6 Å². The minimum atomic E-state index is -0.796. The van der Waals surface area contributed by atoms with Crippen molar-refractivity contribution in [3.8, 4) is 0 Å². The Morgan fingerprint density at radius 1 is 1.38 bits per heavy atom. The Morgan fingerprint density at radius 2 is 2.10 bits per heavy atom. The van der Waals surface area contributed by atoms with Crippen LogP contribution >= 0.6 is 11.3 Å². The molecular weight excluding hydrogens is 296 g/mol. The van der Waals surface area contributed by atoms with E-state index >= 15 is 0 Å². The molecule has 2 N–H and O–H groups in total. The Morgan fingerprint density at radius 3 is 2.67 bits per heavy atom. The predicted octanol–water partition coefficient (Wildman–Crippen LogP) is 3.10. The Bertz CT molecular complexity index is 584. The molecule has 1 aromatic heterocycles. The molecule has 0 aliphatic rings. The molecule has 0 fully saturated rings. The zero-order valence-corrected chi connectivity index (χ0v) is 12.2. The molecule has 0 aliphatic heterocycles. The number of rotatable bonds is 6. The molecular formula is C14H15F2N3OS. The summed E-state index contributed by atoms with van der Waals surface area (Å²) >= 11 is 1.49. The van der Waals surface area contributed by atoms with Crippen LogP contribution in [0.2, 0.25) is 0 Å². The average molecular weight is 311 g/mol. The largest absolute Gasteiger partial charge is 0.320 e. The number of carbonyl (C=O) groups excluding carboxylic acids is 1. The number of anilines is 1. The zero-order chi connectivity index (χ0) is 15.2. The molecule has 1 atom stereocenters. The summed E-state index contributed by atoms with van der Waals surface area (Å²) in [4.78, 5) is 16.0. The number of nitrogens with zero attached hydrogens (tertiary/aromatic N) is 1. The molecule has 0 radical (unpaired) electrons. The van der Waals surface area contributed by atoms with Crippen LogP contribution in [-0.2, 0) is 4.79 Å². The van der Waals surface area contributed by atoms with Gasteiger partial charge in [-0.3, -0.25) is 10.1 Å². The fraction of sp³-hybridized carbons (Fsp3) is 0.286. The number of hydrogen-bond donors (Lipinski definition) is 2. The predicted molar refractivity (Wildman–Crippen MR) is 78.1 cm³/mol. The summed E-state index contributed by atoms with van der Waals surface area (Å²) in [6.07, 6.45) is 2.45. The van der Waals surface area contributed by atoms with Gasteiger partial charge in [-0.15, -0.1) is 11.3 Å². The summed E-state index contributed by atoms with van der Waals surface area (Å²) in [5.41, 5.74) is -0.424. The highest BCUT2D eigenvalue weighted by molar-refractivity contribution is 7.09. The molecule has 112 valence electrons.